The number of carbonyl (C=O) groups excluding carboxylic acids is 1. The SMILES string of the molecule is CCOC(=O)c1ccccc1Nc1cncnc1. The van der Waals surface area contributed by atoms with Crippen molar-refractivity contribution in [3.8, 4) is 0 Å². The number of esters is 1. The van der Waals surface area contributed by atoms with Gasteiger partial charge in [0.05, 0.1) is 35.9 Å². The zero-order valence-corrected chi connectivity index (χ0v) is 9.96. The van der Waals surface area contributed by atoms with Crippen molar-refractivity contribution in [2.45, 2.75) is 6.92 Å². The molecule has 5 nitrogen and oxygen atoms in total. The molecule has 1 heterocycles. The van der Waals surface area contributed by atoms with Crippen LogP contribution in [0, 0.1) is 0 Å². The van der Waals surface area contributed by atoms with E-state index >= 15 is 0 Å². The molecule has 2 rings (SSSR count). The summed E-state index contributed by atoms with van der Waals surface area (Å²) >= 11 is 0. The fourth-order valence-corrected chi connectivity index (χ4v) is 1.50. The van der Waals surface area contributed by atoms with Crippen molar-refractivity contribution in [3.63, 3.8) is 0 Å². The highest BCUT2D eigenvalue weighted by molar-refractivity contribution is 5.96. The largest absolute Gasteiger partial charge is 0.462 e. The maximum atomic E-state index is 11.8. The Balaban J connectivity index is 2.25. The quantitative estimate of drug-likeness (QED) is 0.835. The van der Waals surface area contributed by atoms with E-state index in [4.69, 9.17) is 4.74 Å². The van der Waals surface area contributed by atoms with E-state index in [9.17, 15) is 4.79 Å². The number of benzene rings is 1. The fourth-order valence-electron chi connectivity index (χ4n) is 1.50. The minimum atomic E-state index is -0.350. The maximum Gasteiger partial charge on any atom is 0.340 e. The number of hydrogen-bond acceptors (Lipinski definition) is 5. The molecule has 0 aliphatic carbocycles. The zero-order chi connectivity index (χ0) is 12.8. The van der Waals surface area contributed by atoms with Crippen LogP contribution in [0.5, 0.6) is 0 Å². The molecular formula is C13H13N3O2. The predicted octanol–water partition coefficient (Wildman–Crippen LogP) is 2.40. The lowest BCUT2D eigenvalue weighted by molar-refractivity contribution is 0.0527. The molecule has 18 heavy (non-hydrogen) atoms. The van der Waals surface area contributed by atoms with E-state index < -0.39 is 0 Å². The minimum absolute atomic E-state index is 0.349. The predicted molar refractivity (Wildman–Crippen MR) is 67.7 cm³/mol. The highest BCUT2D eigenvalue weighted by atomic mass is 16.5. The first kappa shape index (κ1) is 12.0. The van der Waals surface area contributed by atoms with Gasteiger partial charge in [0.15, 0.2) is 0 Å². The third-order valence-corrected chi connectivity index (χ3v) is 2.26. The zero-order valence-electron chi connectivity index (χ0n) is 9.96. The van der Waals surface area contributed by atoms with Gasteiger partial charge < -0.3 is 10.1 Å². The second kappa shape index (κ2) is 5.77. The first-order chi connectivity index (χ1) is 8.81. The van der Waals surface area contributed by atoms with E-state index in [-0.39, 0.29) is 5.97 Å². The summed E-state index contributed by atoms with van der Waals surface area (Å²) in [7, 11) is 0. The van der Waals surface area contributed by atoms with Crippen LogP contribution in [0.3, 0.4) is 0 Å². The Labute approximate surface area is 105 Å². The molecule has 0 atom stereocenters. The van der Waals surface area contributed by atoms with Gasteiger partial charge in [-0.15, -0.1) is 0 Å². The monoisotopic (exact) mass is 243 g/mol. The molecule has 0 amide bonds. The second-order valence-electron chi connectivity index (χ2n) is 3.52. The molecule has 0 fully saturated rings. The van der Waals surface area contributed by atoms with Crippen molar-refractivity contribution in [3.05, 3.63) is 48.5 Å². The van der Waals surface area contributed by atoms with E-state index in [1.54, 1.807) is 37.5 Å². The molecule has 1 aromatic carbocycles. The molecule has 92 valence electrons. The molecule has 0 saturated carbocycles. The molecule has 0 aliphatic heterocycles. The molecule has 0 saturated heterocycles. The van der Waals surface area contributed by atoms with Crippen molar-refractivity contribution in [1.82, 2.24) is 9.97 Å². The summed E-state index contributed by atoms with van der Waals surface area (Å²) in [5, 5.41) is 3.09. The summed E-state index contributed by atoms with van der Waals surface area (Å²) in [6.07, 6.45) is 4.71. The van der Waals surface area contributed by atoms with Crippen LogP contribution in [0.15, 0.2) is 43.0 Å². The van der Waals surface area contributed by atoms with Crippen molar-refractivity contribution >= 4 is 17.3 Å². The average molecular weight is 243 g/mol. The van der Waals surface area contributed by atoms with Gasteiger partial charge in [-0.2, -0.15) is 0 Å². The fraction of sp³-hybridized carbons (Fsp3) is 0.154. The Bertz CT molecular complexity index is 529. The minimum Gasteiger partial charge on any atom is -0.462 e. The third-order valence-electron chi connectivity index (χ3n) is 2.26. The van der Waals surface area contributed by atoms with Gasteiger partial charge >= 0.3 is 5.97 Å². The van der Waals surface area contributed by atoms with Crippen molar-refractivity contribution in [1.29, 1.82) is 0 Å². The molecule has 1 N–H and O–H groups in total. The number of para-hydroxylation sites is 1. The number of rotatable bonds is 4. The van der Waals surface area contributed by atoms with E-state index in [0.717, 1.165) is 0 Å². The molecule has 0 bridgehead atoms. The third kappa shape index (κ3) is 2.82. The first-order valence-electron chi connectivity index (χ1n) is 5.59. The summed E-state index contributed by atoms with van der Waals surface area (Å²) < 4.78 is 5.00. The van der Waals surface area contributed by atoms with Crippen LogP contribution >= 0.6 is 0 Å². The van der Waals surface area contributed by atoms with Gasteiger partial charge in [0.1, 0.15) is 6.33 Å². The Morgan fingerprint density at radius 2 is 2.00 bits per heavy atom. The molecule has 0 radical (unpaired) electrons. The van der Waals surface area contributed by atoms with Gasteiger partial charge in [-0.25, -0.2) is 14.8 Å². The average Bonchev–Trinajstić information content (AvgIpc) is 2.41. The number of aromatic nitrogens is 2. The lowest BCUT2D eigenvalue weighted by Crippen LogP contribution is -2.07. The van der Waals surface area contributed by atoms with E-state index in [1.165, 1.54) is 6.33 Å². The van der Waals surface area contributed by atoms with Gasteiger partial charge in [0, 0.05) is 0 Å². The second-order valence-corrected chi connectivity index (χ2v) is 3.52. The Morgan fingerprint density at radius 1 is 1.28 bits per heavy atom. The van der Waals surface area contributed by atoms with Gasteiger partial charge in [-0.1, -0.05) is 12.1 Å². The lowest BCUT2D eigenvalue weighted by atomic mass is 10.2. The number of ether oxygens (including phenoxy) is 1. The molecule has 0 unspecified atom stereocenters. The van der Waals surface area contributed by atoms with Gasteiger partial charge in [-0.3, -0.25) is 0 Å². The number of carbonyl (C=O) groups is 1. The van der Waals surface area contributed by atoms with Crippen LogP contribution < -0.4 is 5.32 Å². The summed E-state index contributed by atoms with van der Waals surface area (Å²) in [5.41, 5.74) is 1.88. The van der Waals surface area contributed by atoms with Crippen molar-refractivity contribution in [2.24, 2.45) is 0 Å². The molecule has 2 aromatic rings. The summed E-state index contributed by atoms with van der Waals surface area (Å²) in [5.74, 6) is -0.350. The van der Waals surface area contributed by atoms with E-state index in [0.29, 0.717) is 23.5 Å². The van der Waals surface area contributed by atoms with E-state index in [2.05, 4.69) is 15.3 Å². The van der Waals surface area contributed by atoms with Gasteiger partial charge in [0.25, 0.3) is 0 Å². The van der Waals surface area contributed by atoms with Crippen LogP contribution in [0.4, 0.5) is 11.4 Å². The van der Waals surface area contributed by atoms with Crippen molar-refractivity contribution in [2.75, 3.05) is 11.9 Å². The number of hydrogen-bond donors (Lipinski definition) is 1. The number of anilines is 2. The highest BCUT2D eigenvalue weighted by Gasteiger charge is 2.11. The highest BCUT2D eigenvalue weighted by Crippen LogP contribution is 2.20. The first-order valence-corrected chi connectivity index (χ1v) is 5.59. The molecule has 5 heteroatoms. The van der Waals surface area contributed by atoms with Crippen molar-refractivity contribution < 1.29 is 9.53 Å². The summed E-state index contributed by atoms with van der Waals surface area (Å²) in [6, 6.07) is 7.15. The topological polar surface area (TPSA) is 64.1 Å². The smallest absolute Gasteiger partial charge is 0.340 e. The standard InChI is InChI=1S/C13H13N3O2/c1-2-18-13(17)11-5-3-4-6-12(11)16-10-7-14-9-15-8-10/h3-9,16H,2H2,1H3. The summed E-state index contributed by atoms with van der Waals surface area (Å²) in [6.45, 7) is 2.13. The maximum absolute atomic E-state index is 11.8. The van der Waals surface area contributed by atoms with E-state index in [1.807, 2.05) is 6.07 Å². The normalized spacial score (nSPS) is 9.83. The van der Waals surface area contributed by atoms with Gasteiger partial charge in [-0.05, 0) is 19.1 Å². The Kier molecular flexibility index (Phi) is 3.86. The van der Waals surface area contributed by atoms with Crippen LogP contribution in [0.1, 0.15) is 17.3 Å². The summed E-state index contributed by atoms with van der Waals surface area (Å²) in [4.78, 5) is 19.6. The van der Waals surface area contributed by atoms with Crippen LogP contribution in [0.25, 0.3) is 0 Å². The lowest BCUT2D eigenvalue weighted by Gasteiger charge is -2.10. The van der Waals surface area contributed by atoms with Crippen LogP contribution in [0.2, 0.25) is 0 Å². The molecule has 0 aliphatic rings. The number of nitrogens with one attached hydrogen (secondary N) is 1. The Hall–Kier alpha value is -2.43. The van der Waals surface area contributed by atoms with Crippen LogP contribution in [-0.2, 0) is 4.74 Å². The number of nitrogens with zero attached hydrogens (tertiary/aromatic N) is 2. The molecule has 0 spiro atoms. The van der Waals surface area contributed by atoms with Crippen LogP contribution in [-0.4, -0.2) is 22.5 Å². The van der Waals surface area contributed by atoms with Gasteiger partial charge in [0.2, 0.25) is 0 Å². The Morgan fingerprint density at radius 3 is 2.72 bits per heavy atom. The molecular weight excluding hydrogens is 230 g/mol. The molecule has 1 aromatic heterocycles.